The summed E-state index contributed by atoms with van der Waals surface area (Å²) in [6, 6.07) is 5.76. The van der Waals surface area contributed by atoms with Crippen molar-refractivity contribution in [2.24, 2.45) is 5.92 Å². The van der Waals surface area contributed by atoms with Crippen LogP contribution in [0.5, 0.6) is 5.75 Å². The Kier molecular flexibility index (Phi) is 3.79. The number of hydrogen-bond acceptors (Lipinski definition) is 3. The summed E-state index contributed by atoms with van der Waals surface area (Å²) < 4.78 is 5.35. The number of carbonyl (C=O) groups is 1. The third kappa shape index (κ3) is 2.50. The number of ether oxygens (including phenoxy) is 1. The van der Waals surface area contributed by atoms with Crippen molar-refractivity contribution in [1.82, 2.24) is 5.32 Å². The van der Waals surface area contributed by atoms with Crippen LogP contribution >= 0.6 is 0 Å². The summed E-state index contributed by atoms with van der Waals surface area (Å²) in [5, 5.41) is 3.28. The van der Waals surface area contributed by atoms with Crippen LogP contribution in [0.15, 0.2) is 18.2 Å². The van der Waals surface area contributed by atoms with Gasteiger partial charge in [0.15, 0.2) is 5.78 Å². The van der Waals surface area contributed by atoms with E-state index >= 15 is 0 Å². The first kappa shape index (κ1) is 12.1. The van der Waals surface area contributed by atoms with E-state index < -0.39 is 0 Å². The summed E-state index contributed by atoms with van der Waals surface area (Å²) >= 11 is 0. The highest BCUT2D eigenvalue weighted by Crippen LogP contribution is 2.27. The largest absolute Gasteiger partial charge is 0.496 e. The third-order valence-corrected chi connectivity index (χ3v) is 3.39. The number of ketones is 1. The maximum absolute atomic E-state index is 12.4. The van der Waals surface area contributed by atoms with Crippen LogP contribution in [0.25, 0.3) is 0 Å². The normalized spacial score (nSPS) is 16.8. The number of piperidine rings is 1. The molecular weight excluding hydrogens is 214 g/mol. The predicted molar refractivity (Wildman–Crippen MR) is 67.7 cm³/mol. The number of methoxy groups -OCH3 is 1. The minimum atomic E-state index is 0.145. The Morgan fingerprint density at radius 2 is 2.06 bits per heavy atom. The Hall–Kier alpha value is -1.35. The Labute approximate surface area is 102 Å². The zero-order chi connectivity index (χ0) is 12.3. The minimum Gasteiger partial charge on any atom is -0.496 e. The van der Waals surface area contributed by atoms with E-state index in [0.29, 0.717) is 0 Å². The molecule has 1 aromatic rings. The van der Waals surface area contributed by atoms with E-state index in [4.69, 9.17) is 4.74 Å². The number of carbonyl (C=O) groups excluding carboxylic acids is 1. The summed E-state index contributed by atoms with van der Waals surface area (Å²) in [7, 11) is 1.63. The number of benzene rings is 1. The van der Waals surface area contributed by atoms with Crippen LogP contribution in [0.4, 0.5) is 0 Å². The number of Topliss-reactive ketones (excluding diaryl/α,β-unsaturated/α-hetero) is 1. The number of para-hydroxylation sites is 1. The second-order valence-corrected chi connectivity index (χ2v) is 4.54. The van der Waals surface area contributed by atoms with Crippen molar-refractivity contribution in [1.29, 1.82) is 0 Å². The van der Waals surface area contributed by atoms with E-state index in [0.717, 1.165) is 42.8 Å². The van der Waals surface area contributed by atoms with E-state index in [2.05, 4.69) is 5.32 Å². The molecule has 1 aliphatic heterocycles. The smallest absolute Gasteiger partial charge is 0.169 e. The molecule has 0 radical (unpaired) electrons. The zero-order valence-electron chi connectivity index (χ0n) is 10.5. The first-order valence-corrected chi connectivity index (χ1v) is 6.12. The standard InChI is InChI=1S/C14H19NO2/c1-10-4-3-5-12(14(10)17-2)13(16)11-6-8-15-9-7-11/h3-5,11,15H,6-9H2,1-2H3. The van der Waals surface area contributed by atoms with Crippen molar-refractivity contribution >= 4 is 5.78 Å². The first-order chi connectivity index (χ1) is 8.24. The summed E-state index contributed by atoms with van der Waals surface area (Å²) in [5.41, 5.74) is 1.76. The number of rotatable bonds is 3. The van der Waals surface area contributed by atoms with Gasteiger partial charge in [0.05, 0.1) is 12.7 Å². The van der Waals surface area contributed by atoms with Crippen molar-refractivity contribution < 1.29 is 9.53 Å². The van der Waals surface area contributed by atoms with Crippen LogP contribution in [0.1, 0.15) is 28.8 Å². The molecule has 0 unspecified atom stereocenters. The fourth-order valence-corrected chi connectivity index (χ4v) is 2.42. The van der Waals surface area contributed by atoms with Gasteiger partial charge in [-0.05, 0) is 44.5 Å². The molecule has 0 aliphatic carbocycles. The molecule has 3 heteroatoms. The molecule has 1 N–H and O–H groups in total. The Balaban J connectivity index is 2.26. The number of hydrogen-bond donors (Lipinski definition) is 1. The second-order valence-electron chi connectivity index (χ2n) is 4.54. The van der Waals surface area contributed by atoms with Gasteiger partial charge in [0.2, 0.25) is 0 Å². The summed E-state index contributed by atoms with van der Waals surface area (Å²) in [6.45, 7) is 3.84. The molecule has 2 rings (SSSR count). The molecule has 92 valence electrons. The number of nitrogens with one attached hydrogen (secondary N) is 1. The highest BCUT2D eigenvalue weighted by Gasteiger charge is 2.24. The van der Waals surface area contributed by atoms with Gasteiger partial charge in [-0.3, -0.25) is 4.79 Å². The van der Waals surface area contributed by atoms with Crippen molar-refractivity contribution in [3.63, 3.8) is 0 Å². The lowest BCUT2D eigenvalue weighted by atomic mass is 9.88. The monoisotopic (exact) mass is 233 g/mol. The van der Waals surface area contributed by atoms with Crippen molar-refractivity contribution in [2.45, 2.75) is 19.8 Å². The van der Waals surface area contributed by atoms with E-state index in [9.17, 15) is 4.79 Å². The molecule has 1 aromatic carbocycles. The van der Waals surface area contributed by atoms with Crippen LogP contribution in [-0.2, 0) is 0 Å². The van der Waals surface area contributed by atoms with Crippen molar-refractivity contribution in [3.05, 3.63) is 29.3 Å². The fraction of sp³-hybridized carbons (Fsp3) is 0.500. The van der Waals surface area contributed by atoms with Gasteiger partial charge in [-0.25, -0.2) is 0 Å². The molecule has 0 amide bonds. The van der Waals surface area contributed by atoms with Crippen LogP contribution in [0.2, 0.25) is 0 Å². The lowest BCUT2D eigenvalue weighted by Crippen LogP contribution is -2.32. The SMILES string of the molecule is COc1c(C)cccc1C(=O)C1CCNCC1. The number of aryl methyl sites for hydroxylation is 1. The summed E-state index contributed by atoms with van der Waals surface area (Å²) in [5.74, 6) is 1.11. The van der Waals surface area contributed by atoms with E-state index in [1.54, 1.807) is 7.11 Å². The molecule has 0 aromatic heterocycles. The van der Waals surface area contributed by atoms with Crippen LogP contribution in [-0.4, -0.2) is 26.0 Å². The van der Waals surface area contributed by atoms with E-state index in [1.165, 1.54) is 0 Å². The molecule has 1 heterocycles. The molecule has 0 bridgehead atoms. The van der Waals surface area contributed by atoms with E-state index in [-0.39, 0.29) is 11.7 Å². The van der Waals surface area contributed by atoms with Crippen LogP contribution in [0, 0.1) is 12.8 Å². The third-order valence-electron chi connectivity index (χ3n) is 3.39. The fourth-order valence-electron chi connectivity index (χ4n) is 2.42. The Morgan fingerprint density at radius 1 is 1.35 bits per heavy atom. The second kappa shape index (κ2) is 5.32. The summed E-state index contributed by atoms with van der Waals surface area (Å²) in [6.07, 6.45) is 1.85. The van der Waals surface area contributed by atoms with Gasteiger partial charge in [0, 0.05) is 5.92 Å². The average Bonchev–Trinajstić information content (AvgIpc) is 2.38. The van der Waals surface area contributed by atoms with Gasteiger partial charge >= 0.3 is 0 Å². The molecule has 0 saturated carbocycles. The molecule has 17 heavy (non-hydrogen) atoms. The maximum Gasteiger partial charge on any atom is 0.169 e. The molecule has 3 nitrogen and oxygen atoms in total. The molecule has 0 spiro atoms. The van der Waals surface area contributed by atoms with Gasteiger partial charge in [0.25, 0.3) is 0 Å². The van der Waals surface area contributed by atoms with E-state index in [1.807, 2.05) is 25.1 Å². The average molecular weight is 233 g/mol. The topological polar surface area (TPSA) is 38.3 Å². The molecule has 1 fully saturated rings. The predicted octanol–water partition coefficient (Wildman–Crippen LogP) is 2.19. The zero-order valence-corrected chi connectivity index (χ0v) is 10.5. The Morgan fingerprint density at radius 3 is 2.71 bits per heavy atom. The van der Waals surface area contributed by atoms with Gasteiger partial charge in [-0.1, -0.05) is 12.1 Å². The van der Waals surface area contributed by atoms with Crippen molar-refractivity contribution in [3.8, 4) is 5.75 Å². The summed E-state index contributed by atoms with van der Waals surface area (Å²) in [4.78, 5) is 12.4. The molecule has 0 atom stereocenters. The van der Waals surface area contributed by atoms with Crippen LogP contribution < -0.4 is 10.1 Å². The van der Waals surface area contributed by atoms with Gasteiger partial charge in [-0.2, -0.15) is 0 Å². The highest BCUT2D eigenvalue weighted by molar-refractivity contribution is 6.00. The lowest BCUT2D eigenvalue weighted by molar-refractivity contribution is 0.0892. The van der Waals surface area contributed by atoms with Gasteiger partial charge in [-0.15, -0.1) is 0 Å². The highest BCUT2D eigenvalue weighted by atomic mass is 16.5. The quantitative estimate of drug-likeness (QED) is 0.813. The van der Waals surface area contributed by atoms with Crippen LogP contribution in [0.3, 0.4) is 0 Å². The van der Waals surface area contributed by atoms with Gasteiger partial charge < -0.3 is 10.1 Å². The van der Waals surface area contributed by atoms with Crippen molar-refractivity contribution in [2.75, 3.05) is 20.2 Å². The lowest BCUT2D eigenvalue weighted by Gasteiger charge is -2.22. The molecular formula is C14H19NO2. The van der Waals surface area contributed by atoms with Gasteiger partial charge in [0.1, 0.15) is 5.75 Å². The molecule has 1 aliphatic rings. The first-order valence-electron chi connectivity index (χ1n) is 6.12. The Bertz CT molecular complexity index is 409. The maximum atomic E-state index is 12.4. The molecule has 1 saturated heterocycles. The minimum absolute atomic E-state index is 0.145.